The molecule has 1 rings (SSSR count). The SMILES string of the molecule is CCCCC(CC)(CNC)Cc1cc(Br)cs1. The van der Waals surface area contributed by atoms with Gasteiger partial charge in [-0.25, -0.2) is 0 Å². The normalized spacial score (nSPS) is 14.8. The molecule has 1 unspecified atom stereocenters. The molecular formula is C14H24BrNS. The van der Waals surface area contributed by atoms with E-state index < -0.39 is 0 Å². The third-order valence-corrected chi connectivity index (χ3v) is 5.23. The maximum atomic E-state index is 3.55. The van der Waals surface area contributed by atoms with Crippen molar-refractivity contribution in [1.82, 2.24) is 5.32 Å². The molecule has 0 bridgehead atoms. The number of rotatable bonds is 8. The molecule has 0 aliphatic carbocycles. The van der Waals surface area contributed by atoms with E-state index in [1.54, 1.807) is 0 Å². The highest BCUT2D eigenvalue weighted by atomic mass is 79.9. The number of thiophene rings is 1. The smallest absolute Gasteiger partial charge is 0.0285 e. The summed E-state index contributed by atoms with van der Waals surface area (Å²) in [4.78, 5) is 1.50. The van der Waals surface area contributed by atoms with E-state index in [4.69, 9.17) is 0 Å². The lowest BCUT2D eigenvalue weighted by Crippen LogP contribution is -2.34. The van der Waals surface area contributed by atoms with Crippen molar-refractivity contribution in [2.24, 2.45) is 5.41 Å². The first-order valence-electron chi connectivity index (χ1n) is 6.53. The van der Waals surface area contributed by atoms with Gasteiger partial charge in [0.2, 0.25) is 0 Å². The van der Waals surface area contributed by atoms with Crippen molar-refractivity contribution in [2.45, 2.75) is 46.0 Å². The molecule has 17 heavy (non-hydrogen) atoms. The van der Waals surface area contributed by atoms with Gasteiger partial charge in [0.1, 0.15) is 0 Å². The summed E-state index contributed by atoms with van der Waals surface area (Å²) in [7, 11) is 2.07. The van der Waals surface area contributed by atoms with Crippen molar-refractivity contribution >= 4 is 27.3 Å². The minimum absolute atomic E-state index is 0.440. The van der Waals surface area contributed by atoms with Crippen LogP contribution in [0, 0.1) is 5.41 Å². The van der Waals surface area contributed by atoms with Gasteiger partial charge >= 0.3 is 0 Å². The van der Waals surface area contributed by atoms with Crippen molar-refractivity contribution in [1.29, 1.82) is 0 Å². The van der Waals surface area contributed by atoms with Crippen LogP contribution in [0.1, 0.15) is 44.4 Å². The zero-order valence-electron chi connectivity index (χ0n) is 11.2. The Balaban J connectivity index is 2.73. The molecule has 0 saturated carbocycles. The number of hydrogen-bond acceptors (Lipinski definition) is 2. The molecule has 1 nitrogen and oxygen atoms in total. The lowest BCUT2D eigenvalue weighted by Gasteiger charge is -2.32. The molecule has 0 radical (unpaired) electrons. The average Bonchev–Trinajstić information content (AvgIpc) is 2.72. The Bertz CT molecular complexity index is 324. The molecule has 0 aromatic carbocycles. The minimum Gasteiger partial charge on any atom is -0.319 e. The molecule has 0 fully saturated rings. The molecule has 3 heteroatoms. The molecule has 0 saturated heterocycles. The van der Waals surface area contributed by atoms with E-state index in [9.17, 15) is 0 Å². The summed E-state index contributed by atoms with van der Waals surface area (Å²) in [6.07, 6.45) is 6.42. The Morgan fingerprint density at radius 2 is 2.18 bits per heavy atom. The summed E-state index contributed by atoms with van der Waals surface area (Å²) < 4.78 is 1.22. The number of hydrogen-bond donors (Lipinski definition) is 1. The second-order valence-electron chi connectivity index (χ2n) is 4.90. The number of halogens is 1. The molecule has 1 aromatic rings. The number of nitrogens with one attached hydrogen (secondary N) is 1. The molecule has 1 atom stereocenters. The third kappa shape index (κ3) is 4.72. The van der Waals surface area contributed by atoms with Crippen molar-refractivity contribution in [3.63, 3.8) is 0 Å². The van der Waals surface area contributed by atoms with Gasteiger partial charge in [0, 0.05) is 21.3 Å². The first-order chi connectivity index (χ1) is 8.15. The highest BCUT2D eigenvalue weighted by Gasteiger charge is 2.27. The Kier molecular flexibility index (Phi) is 6.75. The number of unbranched alkanes of at least 4 members (excludes halogenated alkanes) is 1. The van der Waals surface area contributed by atoms with Gasteiger partial charge in [0.15, 0.2) is 0 Å². The van der Waals surface area contributed by atoms with E-state index in [1.165, 1.54) is 41.5 Å². The Morgan fingerprint density at radius 1 is 1.41 bits per heavy atom. The summed E-state index contributed by atoms with van der Waals surface area (Å²) >= 11 is 5.42. The fourth-order valence-corrected chi connectivity index (χ4v) is 4.03. The first-order valence-corrected chi connectivity index (χ1v) is 8.20. The summed E-state index contributed by atoms with van der Waals surface area (Å²) in [5.74, 6) is 0. The monoisotopic (exact) mass is 317 g/mol. The van der Waals surface area contributed by atoms with Crippen LogP contribution in [0.3, 0.4) is 0 Å². The van der Waals surface area contributed by atoms with E-state index in [-0.39, 0.29) is 0 Å². The quantitative estimate of drug-likeness (QED) is 0.722. The standard InChI is InChI=1S/C14H24BrNS/c1-4-6-7-14(5-2,11-16-3)9-13-8-12(15)10-17-13/h8,10,16H,4-7,9,11H2,1-3H3. The largest absolute Gasteiger partial charge is 0.319 e. The summed E-state index contributed by atoms with van der Waals surface area (Å²) in [6.45, 7) is 5.73. The summed E-state index contributed by atoms with van der Waals surface area (Å²) in [5, 5.41) is 5.58. The van der Waals surface area contributed by atoms with Crippen molar-refractivity contribution < 1.29 is 0 Å². The molecule has 0 aliphatic heterocycles. The molecule has 1 aromatic heterocycles. The predicted molar refractivity (Wildman–Crippen MR) is 81.9 cm³/mol. The molecule has 0 aliphatic rings. The van der Waals surface area contributed by atoms with Crippen LogP contribution in [0.4, 0.5) is 0 Å². The summed E-state index contributed by atoms with van der Waals surface area (Å²) in [5.41, 5.74) is 0.440. The van der Waals surface area contributed by atoms with Gasteiger partial charge in [-0.05, 0) is 53.7 Å². The van der Waals surface area contributed by atoms with Crippen LogP contribution in [0.2, 0.25) is 0 Å². The highest BCUT2D eigenvalue weighted by Crippen LogP contribution is 2.35. The maximum Gasteiger partial charge on any atom is 0.0285 e. The summed E-state index contributed by atoms with van der Waals surface area (Å²) in [6, 6.07) is 2.27. The molecule has 0 amide bonds. The van der Waals surface area contributed by atoms with E-state index in [2.05, 4.69) is 53.6 Å². The fraction of sp³-hybridized carbons (Fsp3) is 0.714. The average molecular weight is 318 g/mol. The first kappa shape index (κ1) is 15.2. The zero-order valence-corrected chi connectivity index (χ0v) is 13.6. The Hall–Kier alpha value is 0.140. The van der Waals surface area contributed by atoms with E-state index in [1.807, 2.05) is 11.3 Å². The van der Waals surface area contributed by atoms with Gasteiger partial charge in [-0.2, -0.15) is 0 Å². The van der Waals surface area contributed by atoms with Crippen LogP contribution in [-0.4, -0.2) is 13.6 Å². The van der Waals surface area contributed by atoms with Gasteiger partial charge in [-0.1, -0.05) is 26.7 Å². The van der Waals surface area contributed by atoms with Crippen LogP contribution >= 0.6 is 27.3 Å². The van der Waals surface area contributed by atoms with E-state index in [0.29, 0.717) is 5.41 Å². The van der Waals surface area contributed by atoms with Crippen molar-refractivity contribution in [3.8, 4) is 0 Å². The Morgan fingerprint density at radius 3 is 2.65 bits per heavy atom. The topological polar surface area (TPSA) is 12.0 Å². The molecule has 1 heterocycles. The van der Waals surface area contributed by atoms with Gasteiger partial charge in [-0.15, -0.1) is 11.3 Å². The second-order valence-corrected chi connectivity index (χ2v) is 6.81. The molecule has 98 valence electrons. The van der Waals surface area contributed by atoms with E-state index in [0.717, 1.165) is 6.54 Å². The fourth-order valence-electron chi connectivity index (χ4n) is 2.41. The van der Waals surface area contributed by atoms with Crippen LogP contribution in [0.5, 0.6) is 0 Å². The lowest BCUT2D eigenvalue weighted by molar-refractivity contribution is 0.236. The lowest BCUT2D eigenvalue weighted by atomic mass is 9.77. The van der Waals surface area contributed by atoms with Gasteiger partial charge in [-0.3, -0.25) is 0 Å². The van der Waals surface area contributed by atoms with Crippen LogP contribution in [-0.2, 0) is 6.42 Å². The van der Waals surface area contributed by atoms with Crippen LogP contribution < -0.4 is 5.32 Å². The van der Waals surface area contributed by atoms with Gasteiger partial charge in [0.25, 0.3) is 0 Å². The minimum atomic E-state index is 0.440. The zero-order chi connectivity index (χ0) is 12.7. The van der Waals surface area contributed by atoms with Gasteiger partial charge < -0.3 is 5.32 Å². The predicted octanol–water partition coefficient (Wildman–Crippen LogP) is 4.86. The van der Waals surface area contributed by atoms with Crippen LogP contribution in [0.25, 0.3) is 0 Å². The van der Waals surface area contributed by atoms with Crippen molar-refractivity contribution in [3.05, 3.63) is 20.8 Å². The third-order valence-electron chi connectivity index (χ3n) is 3.53. The molecule has 0 spiro atoms. The van der Waals surface area contributed by atoms with Gasteiger partial charge in [0.05, 0.1) is 0 Å². The maximum absolute atomic E-state index is 3.55. The molecule has 1 N–H and O–H groups in total. The second kappa shape index (κ2) is 7.55. The van der Waals surface area contributed by atoms with E-state index >= 15 is 0 Å². The Labute approximate surface area is 118 Å². The van der Waals surface area contributed by atoms with Crippen LogP contribution in [0.15, 0.2) is 15.9 Å². The molecular weight excluding hydrogens is 294 g/mol. The van der Waals surface area contributed by atoms with Crippen molar-refractivity contribution in [2.75, 3.05) is 13.6 Å². The highest BCUT2D eigenvalue weighted by molar-refractivity contribution is 9.10.